The van der Waals surface area contributed by atoms with E-state index in [0.29, 0.717) is 5.75 Å². The standard InChI is InChI=1S/C28H34F5NO4S/c1-19(2)11-14-36-23-17-25(37-15-12-20(3)4)27(26(18-23)38-16-13-21(5)6)28(35)34-22-7-9-24(10-8-22)39(29,30,31,32)33/h7-13,17-18H,14-16H2,1-6H3,(H,34,35). The maximum absolute atomic E-state index is 13.4. The molecule has 0 spiro atoms. The maximum atomic E-state index is 13.4. The van der Waals surface area contributed by atoms with Gasteiger partial charge in [-0.1, -0.05) is 36.1 Å². The number of carbonyl (C=O) groups is 1. The number of allylic oxidation sites excluding steroid dienone is 3. The molecule has 1 amide bonds. The molecule has 0 aliphatic heterocycles. The molecule has 0 saturated carbocycles. The van der Waals surface area contributed by atoms with E-state index in [-0.39, 0.29) is 54.7 Å². The zero-order valence-electron chi connectivity index (χ0n) is 22.7. The van der Waals surface area contributed by atoms with E-state index in [0.717, 1.165) is 28.9 Å². The van der Waals surface area contributed by atoms with Crippen molar-refractivity contribution < 1.29 is 38.4 Å². The first kappa shape index (κ1) is 31.7. The van der Waals surface area contributed by atoms with Crippen molar-refractivity contribution in [3.63, 3.8) is 0 Å². The molecule has 0 saturated heterocycles. The second-order valence-electron chi connectivity index (χ2n) is 9.52. The highest BCUT2D eigenvalue weighted by atomic mass is 32.5. The number of hydrogen-bond donors (Lipinski definition) is 1. The first-order valence-corrected chi connectivity index (χ1v) is 13.9. The molecule has 0 atom stereocenters. The minimum Gasteiger partial charge on any atom is -0.489 e. The lowest BCUT2D eigenvalue weighted by Crippen LogP contribution is -2.16. The van der Waals surface area contributed by atoms with Gasteiger partial charge in [0.2, 0.25) is 0 Å². The summed E-state index contributed by atoms with van der Waals surface area (Å²) in [6.45, 7) is 11.8. The molecule has 2 rings (SSSR count). The van der Waals surface area contributed by atoms with E-state index in [2.05, 4.69) is 5.32 Å². The van der Waals surface area contributed by atoms with Crippen molar-refractivity contribution in [3.05, 3.63) is 76.9 Å². The number of anilines is 1. The van der Waals surface area contributed by atoms with Crippen LogP contribution in [0.2, 0.25) is 0 Å². The molecule has 0 unspecified atom stereocenters. The number of benzene rings is 2. The summed E-state index contributed by atoms with van der Waals surface area (Å²) in [6, 6.07) is 5.01. The highest BCUT2D eigenvalue weighted by Gasteiger charge is 2.65. The minimum atomic E-state index is -9.85. The lowest BCUT2D eigenvalue weighted by molar-refractivity contribution is 0.101. The van der Waals surface area contributed by atoms with Gasteiger partial charge in [-0.25, -0.2) is 0 Å². The summed E-state index contributed by atoms with van der Waals surface area (Å²) in [7, 11) is -9.85. The third kappa shape index (κ3) is 10.7. The molecule has 216 valence electrons. The number of halogens is 5. The zero-order chi connectivity index (χ0) is 29.5. The van der Waals surface area contributed by atoms with Crippen molar-refractivity contribution in [1.82, 2.24) is 0 Å². The minimum absolute atomic E-state index is 0.0364. The Balaban J connectivity index is 2.52. The van der Waals surface area contributed by atoms with Gasteiger partial charge in [-0.05, 0) is 84.0 Å². The molecule has 1 N–H and O–H groups in total. The fourth-order valence-electron chi connectivity index (χ4n) is 2.99. The van der Waals surface area contributed by atoms with Gasteiger partial charge in [0.1, 0.15) is 47.5 Å². The van der Waals surface area contributed by atoms with Gasteiger partial charge in [-0.15, -0.1) is 0 Å². The summed E-state index contributed by atoms with van der Waals surface area (Å²) in [5.41, 5.74) is 2.83. The van der Waals surface area contributed by atoms with Crippen molar-refractivity contribution >= 4 is 21.8 Å². The predicted octanol–water partition coefficient (Wildman–Crippen LogP) is 9.63. The number of hydrogen-bond acceptors (Lipinski definition) is 4. The van der Waals surface area contributed by atoms with E-state index in [1.165, 1.54) is 12.1 Å². The average Bonchev–Trinajstić information content (AvgIpc) is 2.77. The molecule has 39 heavy (non-hydrogen) atoms. The van der Waals surface area contributed by atoms with Gasteiger partial charge in [0.25, 0.3) is 5.91 Å². The Hall–Kier alpha value is -3.47. The van der Waals surface area contributed by atoms with Crippen LogP contribution in [0.15, 0.2) is 76.2 Å². The largest absolute Gasteiger partial charge is 0.489 e. The first-order chi connectivity index (χ1) is 17.9. The van der Waals surface area contributed by atoms with Crippen LogP contribution in [0.3, 0.4) is 0 Å². The number of rotatable bonds is 12. The second-order valence-corrected chi connectivity index (χ2v) is 11.9. The first-order valence-electron chi connectivity index (χ1n) is 12.0. The summed E-state index contributed by atoms with van der Waals surface area (Å²) in [5.74, 6) is -0.194. The van der Waals surface area contributed by atoms with Crippen molar-refractivity contribution in [3.8, 4) is 17.2 Å². The molecule has 0 aliphatic rings. The smallest absolute Gasteiger partial charge is 0.310 e. The highest BCUT2D eigenvalue weighted by molar-refractivity contribution is 8.45. The van der Waals surface area contributed by atoms with Crippen molar-refractivity contribution in [2.75, 3.05) is 25.1 Å². The van der Waals surface area contributed by atoms with Crippen LogP contribution in [0.4, 0.5) is 25.1 Å². The molecule has 2 aromatic rings. The number of carbonyl (C=O) groups excluding carboxylic acids is 1. The molecule has 0 aromatic heterocycles. The monoisotopic (exact) mass is 575 g/mol. The van der Waals surface area contributed by atoms with Crippen LogP contribution in [0.5, 0.6) is 17.2 Å². The Morgan fingerprint density at radius 2 is 1.13 bits per heavy atom. The summed E-state index contributed by atoms with van der Waals surface area (Å²) in [4.78, 5) is 11.3. The molecule has 0 fully saturated rings. The quantitative estimate of drug-likeness (QED) is 0.202. The lowest BCUT2D eigenvalue weighted by atomic mass is 10.1. The van der Waals surface area contributed by atoms with E-state index in [1.54, 1.807) is 12.2 Å². The molecule has 11 heteroatoms. The zero-order valence-corrected chi connectivity index (χ0v) is 23.6. The van der Waals surface area contributed by atoms with E-state index in [4.69, 9.17) is 14.2 Å². The van der Waals surface area contributed by atoms with E-state index in [9.17, 15) is 24.2 Å². The SMILES string of the molecule is CC(C)=CCOc1cc(OCC=C(C)C)c(C(=O)Nc2ccc(S(F)(F)(F)(F)F)cc2)c(OCC=C(C)C)c1. The van der Waals surface area contributed by atoms with Crippen LogP contribution < -0.4 is 19.5 Å². The van der Waals surface area contributed by atoms with Gasteiger partial charge in [-0.2, -0.15) is 0 Å². The summed E-state index contributed by atoms with van der Waals surface area (Å²) in [5, 5.41) is 2.44. The molecule has 0 bridgehead atoms. The highest BCUT2D eigenvalue weighted by Crippen LogP contribution is 3.02. The molecular formula is C28H34F5NO4S. The van der Waals surface area contributed by atoms with Gasteiger partial charge < -0.3 is 19.5 Å². The molecule has 0 aliphatic carbocycles. The predicted molar refractivity (Wildman–Crippen MR) is 147 cm³/mol. The molecule has 2 aromatic carbocycles. The number of ether oxygens (including phenoxy) is 3. The van der Waals surface area contributed by atoms with Gasteiger partial charge in [-0.3, -0.25) is 4.79 Å². The van der Waals surface area contributed by atoms with E-state index in [1.807, 2.05) is 47.6 Å². The van der Waals surface area contributed by atoms with Crippen LogP contribution in [-0.4, -0.2) is 25.7 Å². The Labute approximate surface area is 226 Å². The summed E-state index contributed by atoms with van der Waals surface area (Å²) < 4.78 is 83.0. The summed E-state index contributed by atoms with van der Waals surface area (Å²) in [6.07, 6.45) is 5.45. The molecule has 5 nitrogen and oxygen atoms in total. The molecule has 0 heterocycles. The van der Waals surface area contributed by atoms with Crippen molar-refractivity contribution in [2.45, 2.75) is 46.4 Å². The topological polar surface area (TPSA) is 56.8 Å². The van der Waals surface area contributed by atoms with Gasteiger partial charge in [0.05, 0.1) is 0 Å². The van der Waals surface area contributed by atoms with Crippen LogP contribution in [-0.2, 0) is 0 Å². The second kappa shape index (κ2) is 11.7. The number of nitrogens with one attached hydrogen (secondary N) is 1. The lowest BCUT2D eigenvalue weighted by Gasteiger charge is -2.40. The maximum Gasteiger partial charge on any atom is 0.310 e. The van der Waals surface area contributed by atoms with Crippen molar-refractivity contribution in [2.24, 2.45) is 0 Å². The Kier molecular flexibility index (Phi) is 9.55. The van der Waals surface area contributed by atoms with E-state index >= 15 is 0 Å². The third-order valence-electron chi connectivity index (χ3n) is 5.03. The fourth-order valence-corrected chi connectivity index (χ4v) is 3.64. The van der Waals surface area contributed by atoms with Gasteiger partial charge >= 0.3 is 10.2 Å². The van der Waals surface area contributed by atoms with Crippen LogP contribution >= 0.6 is 10.2 Å². The van der Waals surface area contributed by atoms with Gasteiger partial charge in [0.15, 0.2) is 0 Å². The number of amides is 1. The Bertz CT molecular complexity index is 1230. The third-order valence-corrected chi connectivity index (χ3v) is 6.19. The molecule has 0 radical (unpaired) electrons. The summed E-state index contributed by atoms with van der Waals surface area (Å²) >= 11 is 0. The van der Waals surface area contributed by atoms with Crippen molar-refractivity contribution in [1.29, 1.82) is 0 Å². The van der Waals surface area contributed by atoms with E-state index < -0.39 is 21.0 Å². The normalized spacial score (nSPS) is 12.8. The average molecular weight is 576 g/mol. The van der Waals surface area contributed by atoms with Crippen LogP contribution in [0, 0.1) is 0 Å². The van der Waals surface area contributed by atoms with Crippen LogP contribution in [0.1, 0.15) is 51.9 Å². The molecular weight excluding hydrogens is 541 g/mol. The fraction of sp³-hybridized carbons (Fsp3) is 0.321. The van der Waals surface area contributed by atoms with Gasteiger partial charge in [0, 0.05) is 17.8 Å². The van der Waals surface area contributed by atoms with Crippen LogP contribution in [0.25, 0.3) is 0 Å². The Morgan fingerprint density at radius 3 is 1.51 bits per heavy atom. The Morgan fingerprint density at radius 1 is 0.718 bits per heavy atom.